The van der Waals surface area contributed by atoms with E-state index in [2.05, 4.69) is 41.0 Å². The van der Waals surface area contributed by atoms with Crippen molar-refractivity contribution in [1.82, 2.24) is 10.1 Å². The Morgan fingerprint density at radius 2 is 2.12 bits per heavy atom. The molecule has 3 rings (SSSR count). The van der Waals surface area contributed by atoms with Crippen LogP contribution in [0.4, 0.5) is 0 Å². The standard InChI is InChI=1S/C14H14N2O/c1-2-13-15-14(16-17-13)12-8-7-10-5-3-4-6-11(10)9-12/h2-6,12H,1,7-9H2. The molecular formula is C14H14N2O. The fourth-order valence-corrected chi connectivity index (χ4v) is 2.41. The zero-order valence-electron chi connectivity index (χ0n) is 9.60. The van der Waals surface area contributed by atoms with Crippen molar-refractivity contribution >= 4 is 6.08 Å². The summed E-state index contributed by atoms with van der Waals surface area (Å²) < 4.78 is 5.08. The Hall–Kier alpha value is -1.90. The van der Waals surface area contributed by atoms with Crippen LogP contribution < -0.4 is 0 Å². The third kappa shape index (κ3) is 1.88. The molecule has 3 nitrogen and oxygen atoms in total. The van der Waals surface area contributed by atoms with Crippen molar-refractivity contribution in [3.05, 3.63) is 53.7 Å². The maximum absolute atomic E-state index is 5.08. The lowest BCUT2D eigenvalue weighted by atomic mass is 9.83. The van der Waals surface area contributed by atoms with Gasteiger partial charge in [0.1, 0.15) is 0 Å². The van der Waals surface area contributed by atoms with Gasteiger partial charge in [0, 0.05) is 5.92 Å². The number of fused-ring (bicyclic) bond motifs is 1. The molecule has 1 atom stereocenters. The van der Waals surface area contributed by atoms with Gasteiger partial charge >= 0.3 is 0 Å². The second-order valence-corrected chi connectivity index (χ2v) is 4.40. The Morgan fingerprint density at radius 1 is 1.29 bits per heavy atom. The summed E-state index contributed by atoms with van der Waals surface area (Å²) in [5.74, 6) is 1.70. The Bertz CT molecular complexity index is 545. The van der Waals surface area contributed by atoms with Crippen LogP contribution in [0.5, 0.6) is 0 Å². The van der Waals surface area contributed by atoms with Crippen LogP contribution in [0.3, 0.4) is 0 Å². The highest BCUT2D eigenvalue weighted by atomic mass is 16.5. The van der Waals surface area contributed by atoms with Crippen LogP contribution in [-0.4, -0.2) is 10.1 Å². The largest absolute Gasteiger partial charge is 0.335 e. The van der Waals surface area contributed by atoms with Gasteiger partial charge in [0.15, 0.2) is 5.82 Å². The van der Waals surface area contributed by atoms with E-state index in [0.29, 0.717) is 11.8 Å². The number of rotatable bonds is 2. The molecule has 0 saturated carbocycles. The lowest BCUT2D eigenvalue weighted by molar-refractivity contribution is 0.393. The second-order valence-electron chi connectivity index (χ2n) is 4.40. The van der Waals surface area contributed by atoms with E-state index in [9.17, 15) is 0 Å². The summed E-state index contributed by atoms with van der Waals surface area (Å²) in [4.78, 5) is 4.33. The molecule has 1 heterocycles. The Morgan fingerprint density at radius 3 is 2.88 bits per heavy atom. The highest BCUT2D eigenvalue weighted by molar-refractivity contribution is 5.34. The number of hydrogen-bond acceptors (Lipinski definition) is 3. The maximum Gasteiger partial charge on any atom is 0.250 e. The monoisotopic (exact) mass is 226 g/mol. The van der Waals surface area contributed by atoms with Gasteiger partial charge in [-0.3, -0.25) is 0 Å². The highest BCUT2D eigenvalue weighted by Crippen LogP contribution is 2.31. The predicted molar refractivity (Wildman–Crippen MR) is 65.6 cm³/mol. The van der Waals surface area contributed by atoms with Gasteiger partial charge in [-0.15, -0.1) is 0 Å². The Kier molecular flexibility index (Phi) is 2.52. The average Bonchev–Trinajstić information content (AvgIpc) is 2.87. The topological polar surface area (TPSA) is 38.9 Å². The van der Waals surface area contributed by atoms with E-state index in [1.165, 1.54) is 11.1 Å². The molecule has 1 aromatic heterocycles. The molecule has 0 aliphatic heterocycles. The molecule has 3 heteroatoms. The van der Waals surface area contributed by atoms with Crippen molar-refractivity contribution in [3.63, 3.8) is 0 Å². The summed E-state index contributed by atoms with van der Waals surface area (Å²) in [7, 11) is 0. The first-order chi connectivity index (χ1) is 8.36. The molecule has 0 fully saturated rings. The van der Waals surface area contributed by atoms with Gasteiger partial charge in [0.2, 0.25) is 5.89 Å². The molecule has 1 aromatic carbocycles. The molecular weight excluding hydrogens is 212 g/mol. The molecule has 0 spiro atoms. The minimum Gasteiger partial charge on any atom is -0.335 e. The van der Waals surface area contributed by atoms with Crippen molar-refractivity contribution in [2.45, 2.75) is 25.2 Å². The molecule has 86 valence electrons. The van der Waals surface area contributed by atoms with E-state index in [-0.39, 0.29) is 0 Å². The number of aryl methyl sites for hydroxylation is 1. The van der Waals surface area contributed by atoms with Gasteiger partial charge in [-0.1, -0.05) is 36.0 Å². The zero-order chi connectivity index (χ0) is 11.7. The van der Waals surface area contributed by atoms with E-state index in [0.717, 1.165) is 25.1 Å². The smallest absolute Gasteiger partial charge is 0.250 e. The van der Waals surface area contributed by atoms with E-state index in [1.54, 1.807) is 6.08 Å². The van der Waals surface area contributed by atoms with Gasteiger partial charge < -0.3 is 4.52 Å². The molecule has 0 amide bonds. The molecule has 0 saturated heterocycles. The SMILES string of the molecule is C=Cc1nc(C2CCc3ccccc3C2)no1. The molecule has 17 heavy (non-hydrogen) atoms. The van der Waals surface area contributed by atoms with Gasteiger partial charge in [-0.25, -0.2) is 0 Å². The highest BCUT2D eigenvalue weighted by Gasteiger charge is 2.23. The fraction of sp³-hybridized carbons (Fsp3) is 0.286. The van der Waals surface area contributed by atoms with Gasteiger partial charge in [0.25, 0.3) is 0 Å². The summed E-state index contributed by atoms with van der Waals surface area (Å²) in [6.45, 7) is 3.63. The molecule has 0 radical (unpaired) electrons. The second kappa shape index (κ2) is 4.17. The van der Waals surface area contributed by atoms with Gasteiger partial charge in [0.05, 0.1) is 0 Å². The van der Waals surface area contributed by atoms with Crippen molar-refractivity contribution in [3.8, 4) is 0 Å². The van der Waals surface area contributed by atoms with Crippen LogP contribution in [-0.2, 0) is 12.8 Å². The zero-order valence-corrected chi connectivity index (χ0v) is 9.60. The summed E-state index contributed by atoms with van der Waals surface area (Å²) in [5.41, 5.74) is 2.87. The molecule has 1 unspecified atom stereocenters. The average molecular weight is 226 g/mol. The molecule has 0 N–H and O–H groups in total. The van der Waals surface area contributed by atoms with Gasteiger partial charge in [-0.2, -0.15) is 4.98 Å². The summed E-state index contributed by atoms with van der Waals surface area (Å²) in [6, 6.07) is 8.59. The Balaban J connectivity index is 1.86. The minimum atomic E-state index is 0.377. The van der Waals surface area contributed by atoms with Crippen LogP contribution in [0.2, 0.25) is 0 Å². The molecule has 1 aliphatic rings. The number of aromatic nitrogens is 2. The summed E-state index contributed by atoms with van der Waals surface area (Å²) >= 11 is 0. The van der Waals surface area contributed by atoms with E-state index in [4.69, 9.17) is 4.52 Å². The number of benzene rings is 1. The quantitative estimate of drug-likeness (QED) is 0.790. The third-order valence-corrected chi connectivity index (χ3v) is 3.34. The third-order valence-electron chi connectivity index (χ3n) is 3.34. The first-order valence-electron chi connectivity index (χ1n) is 5.89. The van der Waals surface area contributed by atoms with E-state index < -0.39 is 0 Å². The lowest BCUT2D eigenvalue weighted by Gasteiger charge is -2.21. The first-order valence-corrected chi connectivity index (χ1v) is 5.89. The summed E-state index contributed by atoms with van der Waals surface area (Å²) in [6.07, 6.45) is 4.78. The predicted octanol–water partition coefficient (Wildman–Crippen LogP) is 2.99. The normalized spacial score (nSPS) is 18.7. The van der Waals surface area contributed by atoms with Crippen molar-refractivity contribution < 1.29 is 4.52 Å². The van der Waals surface area contributed by atoms with Crippen molar-refractivity contribution in [2.24, 2.45) is 0 Å². The minimum absolute atomic E-state index is 0.377. The number of nitrogens with zero attached hydrogens (tertiary/aromatic N) is 2. The van der Waals surface area contributed by atoms with Crippen LogP contribution in [0.15, 0.2) is 35.4 Å². The number of hydrogen-bond donors (Lipinski definition) is 0. The van der Waals surface area contributed by atoms with Gasteiger partial charge in [-0.05, 0) is 36.5 Å². The van der Waals surface area contributed by atoms with E-state index >= 15 is 0 Å². The first kappa shape index (κ1) is 10.3. The summed E-state index contributed by atoms with van der Waals surface area (Å²) in [5, 5.41) is 4.03. The molecule has 0 bridgehead atoms. The van der Waals surface area contributed by atoms with Crippen molar-refractivity contribution in [1.29, 1.82) is 0 Å². The fourth-order valence-electron chi connectivity index (χ4n) is 2.41. The molecule has 2 aromatic rings. The molecule has 1 aliphatic carbocycles. The Labute approximate surface area is 100 Å². The van der Waals surface area contributed by atoms with Crippen LogP contribution >= 0.6 is 0 Å². The maximum atomic E-state index is 5.08. The van der Waals surface area contributed by atoms with Crippen molar-refractivity contribution in [2.75, 3.05) is 0 Å². The van der Waals surface area contributed by atoms with Crippen LogP contribution in [0.1, 0.15) is 35.2 Å². The van der Waals surface area contributed by atoms with Crippen LogP contribution in [0.25, 0.3) is 6.08 Å². The van der Waals surface area contributed by atoms with E-state index in [1.807, 2.05) is 0 Å². The van der Waals surface area contributed by atoms with Crippen LogP contribution in [0, 0.1) is 0 Å². The lowest BCUT2D eigenvalue weighted by Crippen LogP contribution is -2.13.